The van der Waals surface area contributed by atoms with Crippen molar-refractivity contribution < 1.29 is 0 Å². The lowest BCUT2D eigenvalue weighted by Gasteiger charge is -2.12. The van der Waals surface area contributed by atoms with Gasteiger partial charge in [0.25, 0.3) is 0 Å². The fourth-order valence-electron chi connectivity index (χ4n) is 1.76. The van der Waals surface area contributed by atoms with E-state index in [1.165, 1.54) is 18.4 Å². The summed E-state index contributed by atoms with van der Waals surface area (Å²) in [6.07, 6.45) is 2.49. The molecule has 4 N–H and O–H groups in total. The van der Waals surface area contributed by atoms with Crippen molar-refractivity contribution in [2.24, 2.45) is 0 Å². The molecule has 3 nitrogen and oxygen atoms in total. The highest BCUT2D eigenvalue weighted by molar-refractivity contribution is 5.62. The fraction of sp³-hybridized carbons (Fsp3) is 0.500. The van der Waals surface area contributed by atoms with Crippen LogP contribution in [-0.4, -0.2) is 4.98 Å². The maximum atomic E-state index is 5.98. The van der Waals surface area contributed by atoms with E-state index >= 15 is 0 Å². The van der Waals surface area contributed by atoms with E-state index in [9.17, 15) is 0 Å². The number of hydrogen-bond acceptors (Lipinski definition) is 3. The van der Waals surface area contributed by atoms with Gasteiger partial charge >= 0.3 is 0 Å². The quantitative estimate of drug-likeness (QED) is 0.686. The van der Waals surface area contributed by atoms with E-state index in [0.717, 1.165) is 16.9 Å². The van der Waals surface area contributed by atoms with E-state index in [4.69, 9.17) is 11.5 Å². The topological polar surface area (TPSA) is 64.9 Å². The maximum Gasteiger partial charge on any atom is 0.127 e. The van der Waals surface area contributed by atoms with Gasteiger partial charge < -0.3 is 11.5 Å². The van der Waals surface area contributed by atoms with Crippen molar-refractivity contribution in [2.45, 2.75) is 32.6 Å². The predicted molar refractivity (Wildman–Crippen MR) is 54.5 cm³/mol. The van der Waals surface area contributed by atoms with Gasteiger partial charge in [0.15, 0.2) is 0 Å². The van der Waals surface area contributed by atoms with Crippen molar-refractivity contribution in [3.05, 3.63) is 16.8 Å². The SMILES string of the molecule is Cc1nc(N)c(C)c(C2CC2)c1N. The molecule has 70 valence electrons. The highest BCUT2D eigenvalue weighted by Crippen LogP contribution is 2.45. The molecule has 0 saturated heterocycles. The molecule has 2 rings (SSSR count). The van der Waals surface area contributed by atoms with Crippen LogP contribution in [0.5, 0.6) is 0 Å². The Bertz CT molecular complexity index is 327. The third-order valence-corrected chi connectivity index (χ3v) is 2.74. The van der Waals surface area contributed by atoms with Crippen LogP contribution in [-0.2, 0) is 0 Å². The molecule has 1 saturated carbocycles. The first-order valence-electron chi connectivity index (χ1n) is 4.63. The Hall–Kier alpha value is -1.25. The van der Waals surface area contributed by atoms with Gasteiger partial charge in [0.05, 0.1) is 11.4 Å². The minimum atomic E-state index is 0.633. The molecule has 0 aliphatic heterocycles. The number of aromatic nitrogens is 1. The Balaban J connectivity index is 2.62. The van der Waals surface area contributed by atoms with Crippen LogP contribution in [0.1, 0.15) is 35.6 Å². The maximum absolute atomic E-state index is 5.98. The summed E-state index contributed by atoms with van der Waals surface area (Å²) in [7, 11) is 0. The molecule has 1 aliphatic rings. The average molecular weight is 177 g/mol. The van der Waals surface area contributed by atoms with Gasteiger partial charge in [-0.2, -0.15) is 0 Å². The second kappa shape index (κ2) is 2.62. The fourth-order valence-corrected chi connectivity index (χ4v) is 1.76. The molecule has 1 fully saturated rings. The number of nitrogens with zero attached hydrogens (tertiary/aromatic N) is 1. The van der Waals surface area contributed by atoms with E-state index in [0.29, 0.717) is 11.7 Å². The van der Waals surface area contributed by atoms with Gasteiger partial charge in [0, 0.05) is 0 Å². The Labute approximate surface area is 78.1 Å². The number of rotatable bonds is 1. The average Bonchev–Trinajstić information content (AvgIpc) is 2.85. The zero-order valence-electron chi connectivity index (χ0n) is 8.09. The van der Waals surface area contributed by atoms with Crippen molar-refractivity contribution in [2.75, 3.05) is 11.5 Å². The van der Waals surface area contributed by atoms with Crippen LogP contribution in [0, 0.1) is 13.8 Å². The first kappa shape index (κ1) is 8.35. The monoisotopic (exact) mass is 177 g/mol. The summed E-state index contributed by atoms with van der Waals surface area (Å²) in [5, 5.41) is 0. The van der Waals surface area contributed by atoms with Crippen molar-refractivity contribution in [1.82, 2.24) is 4.98 Å². The second-order valence-electron chi connectivity index (χ2n) is 3.81. The summed E-state index contributed by atoms with van der Waals surface area (Å²) >= 11 is 0. The zero-order valence-corrected chi connectivity index (χ0v) is 8.09. The summed E-state index contributed by atoms with van der Waals surface area (Å²) in [6, 6.07) is 0. The Morgan fingerprint density at radius 3 is 2.38 bits per heavy atom. The Morgan fingerprint density at radius 1 is 1.23 bits per heavy atom. The number of anilines is 2. The number of nitrogen functional groups attached to an aromatic ring is 2. The molecule has 0 bridgehead atoms. The van der Waals surface area contributed by atoms with Crippen LogP contribution in [0.4, 0.5) is 11.5 Å². The number of aryl methyl sites for hydroxylation is 1. The van der Waals surface area contributed by atoms with E-state index < -0.39 is 0 Å². The molecule has 0 aromatic carbocycles. The Morgan fingerprint density at radius 2 is 1.85 bits per heavy atom. The molecule has 1 aromatic heterocycles. The summed E-state index contributed by atoms with van der Waals surface area (Å²) in [5.74, 6) is 1.28. The molecule has 1 aliphatic carbocycles. The molecule has 0 amide bonds. The van der Waals surface area contributed by atoms with Gasteiger partial charge in [-0.15, -0.1) is 0 Å². The smallest absolute Gasteiger partial charge is 0.127 e. The summed E-state index contributed by atoms with van der Waals surface area (Å²) < 4.78 is 0. The predicted octanol–water partition coefficient (Wildman–Crippen LogP) is 1.74. The highest BCUT2D eigenvalue weighted by Gasteiger charge is 2.28. The third-order valence-electron chi connectivity index (χ3n) is 2.74. The largest absolute Gasteiger partial charge is 0.397 e. The van der Waals surface area contributed by atoms with Crippen LogP contribution in [0.15, 0.2) is 0 Å². The molecule has 0 atom stereocenters. The molecule has 1 aromatic rings. The molecule has 0 radical (unpaired) electrons. The first-order valence-corrected chi connectivity index (χ1v) is 4.63. The van der Waals surface area contributed by atoms with Gasteiger partial charge in [0.2, 0.25) is 0 Å². The van der Waals surface area contributed by atoms with Crippen LogP contribution in [0.3, 0.4) is 0 Å². The van der Waals surface area contributed by atoms with Gasteiger partial charge in [-0.25, -0.2) is 4.98 Å². The minimum absolute atomic E-state index is 0.633. The summed E-state index contributed by atoms with van der Waals surface area (Å²) in [5.41, 5.74) is 15.8. The van der Waals surface area contributed by atoms with E-state index in [1.54, 1.807) is 0 Å². The molecule has 1 heterocycles. The lowest BCUT2D eigenvalue weighted by Crippen LogP contribution is -2.06. The lowest BCUT2D eigenvalue weighted by atomic mass is 10.0. The van der Waals surface area contributed by atoms with E-state index in [1.807, 2.05) is 13.8 Å². The van der Waals surface area contributed by atoms with Crippen LogP contribution >= 0.6 is 0 Å². The van der Waals surface area contributed by atoms with Crippen LogP contribution in [0.2, 0.25) is 0 Å². The number of hydrogen-bond donors (Lipinski definition) is 2. The van der Waals surface area contributed by atoms with Crippen molar-refractivity contribution in [3.8, 4) is 0 Å². The molecule has 13 heavy (non-hydrogen) atoms. The second-order valence-corrected chi connectivity index (χ2v) is 3.81. The van der Waals surface area contributed by atoms with Crippen LogP contribution in [0.25, 0.3) is 0 Å². The molecule has 0 spiro atoms. The zero-order chi connectivity index (χ0) is 9.59. The van der Waals surface area contributed by atoms with Crippen molar-refractivity contribution >= 4 is 11.5 Å². The molecule has 0 unspecified atom stereocenters. The molecule has 3 heteroatoms. The third kappa shape index (κ3) is 1.24. The Kier molecular flexibility index (Phi) is 1.68. The van der Waals surface area contributed by atoms with Crippen molar-refractivity contribution in [3.63, 3.8) is 0 Å². The van der Waals surface area contributed by atoms with Crippen molar-refractivity contribution in [1.29, 1.82) is 0 Å². The standard InChI is InChI=1S/C10H15N3/c1-5-8(7-3-4-7)9(11)6(2)13-10(5)12/h7H,3-4,11H2,1-2H3,(H2,12,13). The number of nitrogens with two attached hydrogens (primary N) is 2. The van der Waals surface area contributed by atoms with Crippen LogP contribution < -0.4 is 11.5 Å². The van der Waals surface area contributed by atoms with E-state index in [2.05, 4.69) is 4.98 Å². The first-order chi connectivity index (χ1) is 6.11. The molecular weight excluding hydrogens is 162 g/mol. The van der Waals surface area contributed by atoms with Gasteiger partial charge in [-0.1, -0.05) is 0 Å². The number of pyridine rings is 1. The summed E-state index contributed by atoms with van der Waals surface area (Å²) in [6.45, 7) is 3.92. The van der Waals surface area contributed by atoms with Gasteiger partial charge in [-0.05, 0) is 43.7 Å². The minimum Gasteiger partial charge on any atom is -0.397 e. The highest BCUT2D eigenvalue weighted by atomic mass is 14.9. The normalized spacial score (nSPS) is 16.2. The van der Waals surface area contributed by atoms with E-state index in [-0.39, 0.29) is 0 Å². The van der Waals surface area contributed by atoms with Gasteiger partial charge in [0.1, 0.15) is 5.82 Å². The van der Waals surface area contributed by atoms with Gasteiger partial charge in [-0.3, -0.25) is 0 Å². The lowest BCUT2D eigenvalue weighted by molar-refractivity contribution is 1.06. The molecular formula is C10H15N3. The summed E-state index contributed by atoms with van der Waals surface area (Å²) in [4.78, 5) is 4.20.